The number of carbonyl (C=O) groups is 2. The smallest absolute Gasteiger partial charge is 0.326 e. The van der Waals surface area contributed by atoms with Gasteiger partial charge in [-0.1, -0.05) is 34.1 Å². The van der Waals surface area contributed by atoms with Crippen molar-refractivity contribution in [1.82, 2.24) is 5.32 Å². The molecule has 0 spiro atoms. The molecule has 0 aromatic carbocycles. The summed E-state index contributed by atoms with van der Waals surface area (Å²) in [5.74, 6) is -0.411. The van der Waals surface area contributed by atoms with Gasteiger partial charge in [-0.25, -0.2) is 4.79 Å². The van der Waals surface area contributed by atoms with Crippen LogP contribution in [0.4, 0.5) is 0 Å². The zero-order valence-electron chi connectivity index (χ0n) is 10.6. The first-order chi connectivity index (χ1) is 7.38. The summed E-state index contributed by atoms with van der Waals surface area (Å²) < 4.78 is 0. The summed E-state index contributed by atoms with van der Waals surface area (Å²) in [7, 11) is 0. The quantitative estimate of drug-likeness (QED) is 0.702. The Morgan fingerprint density at radius 3 is 2.19 bits per heavy atom. The van der Waals surface area contributed by atoms with Crippen molar-refractivity contribution in [2.45, 2.75) is 53.0 Å². The third-order valence-electron chi connectivity index (χ3n) is 2.86. The fourth-order valence-electron chi connectivity index (χ4n) is 1.33. The predicted molar refractivity (Wildman–Crippen MR) is 63.1 cm³/mol. The van der Waals surface area contributed by atoms with Crippen LogP contribution in [0.25, 0.3) is 0 Å². The lowest BCUT2D eigenvalue weighted by atomic mass is 9.94. The number of carboxylic acid groups (broad SMARTS) is 1. The molecule has 94 valence electrons. The molecule has 4 heteroatoms. The monoisotopic (exact) mass is 229 g/mol. The van der Waals surface area contributed by atoms with Crippen LogP contribution in [0.5, 0.6) is 0 Å². The molecule has 0 heterocycles. The molecule has 2 atom stereocenters. The van der Waals surface area contributed by atoms with E-state index < -0.39 is 12.0 Å². The van der Waals surface area contributed by atoms with Crippen LogP contribution in [0.15, 0.2) is 0 Å². The second-order valence-corrected chi connectivity index (χ2v) is 4.67. The van der Waals surface area contributed by atoms with Crippen molar-refractivity contribution in [3.8, 4) is 0 Å². The third kappa shape index (κ3) is 5.73. The van der Waals surface area contributed by atoms with Crippen LogP contribution in [0, 0.1) is 11.8 Å². The van der Waals surface area contributed by atoms with Gasteiger partial charge >= 0.3 is 5.97 Å². The molecule has 0 aliphatic carbocycles. The molecule has 0 aliphatic rings. The first-order valence-electron chi connectivity index (χ1n) is 5.90. The molecule has 0 bridgehead atoms. The molecule has 2 N–H and O–H groups in total. The van der Waals surface area contributed by atoms with Gasteiger partial charge in [0, 0.05) is 6.42 Å². The minimum absolute atomic E-state index is 0.165. The summed E-state index contributed by atoms with van der Waals surface area (Å²) in [6.45, 7) is 8.01. The van der Waals surface area contributed by atoms with Gasteiger partial charge in [-0.05, 0) is 18.3 Å². The van der Waals surface area contributed by atoms with E-state index in [9.17, 15) is 9.59 Å². The Labute approximate surface area is 97.4 Å². The normalized spacial score (nSPS) is 14.6. The lowest BCUT2D eigenvalue weighted by molar-refractivity contribution is -0.142. The van der Waals surface area contributed by atoms with Crippen molar-refractivity contribution in [1.29, 1.82) is 0 Å². The average molecular weight is 229 g/mol. The fraction of sp³-hybridized carbons (Fsp3) is 0.833. The van der Waals surface area contributed by atoms with E-state index in [1.807, 2.05) is 13.8 Å². The first kappa shape index (κ1) is 14.9. The van der Waals surface area contributed by atoms with E-state index in [0.717, 1.165) is 6.42 Å². The van der Waals surface area contributed by atoms with Gasteiger partial charge in [0.25, 0.3) is 0 Å². The number of amides is 1. The zero-order chi connectivity index (χ0) is 12.7. The molecular weight excluding hydrogens is 206 g/mol. The van der Waals surface area contributed by atoms with Crippen LogP contribution >= 0.6 is 0 Å². The summed E-state index contributed by atoms with van der Waals surface area (Å²) in [6, 6.07) is -0.739. The SMILES string of the molecule is CCCC(NC(=O)CC(C)C(C)C)C(=O)O. The Morgan fingerprint density at radius 1 is 1.25 bits per heavy atom. The number of rotatable bonds is 7. The van der Waals surface area contributed by atoms with E-state index in [2.05, 4.69) is 19.2 Å². The maximum atomic E-state index is 11.6. The summed E-state index contributed by atoms with van der Waals surface area (Å²) in [4.78, 5) is 22.4. The molecule has 0 aromatic rings. The molecule has 0 aromatic heterocycles. The van der Waals surface area contributed by atoms with Crippen LogP contribution in [0.3, 0.4) is 0 Å². The van der Waals surface area contributed by atoms with Crippen LogP contribution in [-0.2, 0) is 9.59 Å². The van der Waals surface area contributed by atoms with Gasteiger partial charge in [0.15, 0.2) is 0 Å². The largest absolute Gasteiger partial charge is 0.480 e. The topological polar surface area (TPSA) is 66.4 Å². The molecule has 2 unspecified atom stereocenters. The van der Waals surface area contributed by atoms with Crippen molar-refractivity contribution < 1.29 is 14.7 Å². The van der Waals surface area contributed by atoms with Crippen molar-refractivity contribution in [2.24, 2.45) is 11.8 Å². The number of carbonyl (C=O) groups excluding carboxylic acids is 1. The molecule has 1 amide bonds. The number of nitrogens with one attached hydrogen (secondary N) is 1. The summed E-state index contributed by atoms with van der Waals surface area (Å²) in [5, 5.41) is 11.4. The molecule has 4 nitrogen and oxygen atoms in total. The molecular formula is C12H23NO3. The van der Waals surface area contributed by atoms with Gasteiger partial charge in [0.1, 0.15) is 6.04 Å². The number of carboxylic acids is 1. The Kier molecular flexibility index (Phi) is 6.77. The Hall–Kier alpha value is -1.06. The van der Waals surface area contributed by atoms with Crippen molar-refractivity contribution in [3.05, 3.63) is 0 Å². The van der Waals surface area contributed by atoms with Gasteiger partial charge in [-0.15, -0.1) is 0 Å². The number of hydrogen-bond donors (Lipinski definition) is 2. The molecule has 0 aliphatic heterocycles. The van der Waals surface area contributed by atoms with E-state index in [0.29, 0.717) is 18.8 Å². The minimum Gasteiger partial charge on any atom is -0.480 e. The summed E-state index contributed by atoms with van der Waals surface area (Å²) in [5.41, 5.74) is 0. The van der Waals surface area contributed by atoms with Gasteiger partial charge in [-0.2, -0.15) is 0 Å². The van der Waals surface area contributed by atoms with Crippen molar-refractivity contribution in [2.75, 3.05) is 0 Å². The molecule has 0 saturated carbocycles. The van der Waals surface area contributed by atoms with Gasteiger partial charge in [0.05, 0.1) is 0 Å². The van der Waals surface area contributed by atoms with Gasteiger partial charge in [-0.3, -0.25) is 4.79 Å². The predicted octanol–water partition coefficient (Wildman–Crippen LogP) is 2.04. The lowest BCUT2D eigenvalue weighted by Gasteiger charge is -2.18. The van der Waals surface area contributed by atoms with Crippen LogP contribution in [-0.4, -0.2) is 23.0 Å². The van der Waals surface area contributed by atoms with Crippen molar-refractivity contribution in [3.63, 3.8) is 0 Å². The van der Waals surface area contributed by atoms with E-state index in [1.165, 1.54) is 0 Å². The highest BCUT2D eigenvalue weighted by atomic mass is 16.4. The van der Waals surface area contributed by atoms with Crippen LogP contribution in [0.1, 0.15) is 47.0 Å². The lowest BCUT2D eigenvalue weighted by Crippen LogP contribution is -2.41. The fourth-order valence-corrected chi connectivity index (χ4v) is 1.33. The summed E-state index contributed by atoms with van der Waals surface area (Å²) >= 11 is 0. The maximum absolute atomic E-state index is 11.6. The molecule has 0 radical (unpaired) electrons. The Balaban J connectivity index is 4.14. The Morgan fingerprint density at radius 2 is 1.81 bits per heavy atom. The van der Waals surface area contributed by atoms with E-state index in [1.54, 1.807) is 0 Å². The number of hydrogen-bond acceptors (Lipinski definition) is 2. The second kappa shape index (κ2) is 7.25. The zero-order valence-corrected chi connectivity index (χ0v) is 10.6. The standard InChI is InChI=1S/C12H23NO3/c1-5-6-10(12(15)16)13-11(14)7-9(4)8(2)3/h8-10H,5-7H2,1-4H3,(H,13,14)(H,15,16). The third-order valence-corrected chi connectivity index (χ3v) is 2.86. The van der Waals surface area contributed by atoms with E-state index >= 15 is 0 Å². The summed E-state index contributed by atoms with van der Waals surface area (Å²) in [6.07, 6.45) is 1.62. The molecule has 16 heavy (non-hydrogen) atoms. The minimum atomic E-state index is -0.951. The van der Waals surface area contributed by atoms with Crippen LogP contribution < -0.4 is 5.32 Å². The molecule has 0 fully saturated rings. The van der Waals surface area contributed by atoms with Crippen molar-refractivity contribution >= 4 is 11.9 Å². The highest BCUT2D eigenvalue weighted by molar-refractivity contribution is 5.83. The Bertz CT molecular complexity index is 238. The molecule has 0 rings (SSSR count). The highest BCUT2D eigenvalue weighted by Crippen LogP contribution is 2.13. The second-order valence-electron chi connectivity index (χ2n) is 4.67. The van der Waals surface area contributed by atoms with Crippen LogP contribution in [0.2, 0.25) is 0 Å². The highest BCUT2D eigenvalue weighted by Gasteiger charge is 2.20. The molecule has 0 saturated heterocycles. The van der Waals surface area contributed by atoms with Gasteiger partial charge in [0.2, 0.25) is 5.91 Å². The van der Waals surface area contributed by atoms with Gasteiger partial charge < -0.3 is 10.4 Å². The average Bonchev–Trinajstić information content (AvgIpc) is 2.16. The maximum Gasteiger partial charge on any atom is 0.326 e. The van der Waals surface area contributed by atoms with E-state index in [-0.39, 0.29) is 11.8 Å². The first-order valence-corrected chi connectivity index (χ1v) is 5.90. The van der Waals surface area contributed by atoms with E-state index in [4.69, 9.17) is 5.11 Å². The number of aliphatic carboxylic acids is 1.